The summed E-state index contributed by atoms with van der Waals surface area (Å²) >= 11 is 5.60. The number of rotatable bonds is 2. The highest BCUT2D eigenvalue weighted by atomic mass is 35.5. The molecule has 4 heterocycles. The van der Waals surface area contributed by atoms with Crippen LogP contribution in [0.4, 0.5) is 0 Å². The number of halogens is 1. The van der Waals surface area contributed by atoms with E-state index in [4.69, 9.17) is 11.6 Å². The molecular formula is C9H16ClN4+. The van der Waals surface area contributed by atoms with Crippen molar-refractivity contribution < 1.29 is 4.59 Å². The lowest BCUT2D eigenvalue weighted by molar-refractivity contribution is -1.00. The Morgan fingerprint density at radius 3 is 2.64 bits per heavy atom. The molecule has 0 radical (unpaired) electrons. The minimum atomic E-state index is 0.648. The van der Waals surface area contributed by atoms with E-state index in [0.717, 1.165) is 31.1 Å². The molecule has 0 spiro atoms. The molecule has 4 fully saturated rings. The zero-order chi connectivity index (χ0) is 9.60. The zero-order valence-electron chi connectivity index (χ0n) is 8.19. The second-order valence-corrected chi connectivity index (χ2v) is 4.90. The second kappa shape index (κ2) is 3.18. The number of hydrogen-bond acceptors (Lipinski definition) is 3. The van der Waals surface area contributed by atoms with E-state index < -0.39 is 0 Å². The van der Waals surface area contributed by atoms with Crippen molar-refractivity contribution in [3.05, 3.63) is 11.6 Å². The molecule has 14 heavy (non-hydrogen) atoms. The van der Waals surface area contributed by atoms with E-state index in [1.54, 1.807) is 5.54 Å². The molecule has 0 amide bonds. The van der Waals surface area contributed by atoms with Gasteiger partial charge in [0.1, 0.15) is 6.54 Å². The highest BCUT2D eigenvalue weighted by molar-refractivity contribution is 6.25. The van der Waals surface area contributed by atoms with E-state index in [1.807, 2.05) is 6.08 Å². The van der Waals surface area contributed by atoms with Gasteiger partial charge in [0.05, 0.1) is 12.7 Å². The zero-order valence-corrected chi connectivity index (χ0v) is 8.95. The van der Waals surface area contributed by atoms with Gasteiger partial charge in [0, 0.05) is 18.6 Å². The molecule has 0 aliphatic carbocycles. The molecule has 4 saturated heterocycles. The van der Waals surface area contributed by atoms with Crippen LogP contribution in [0, 0.1) is 0 Å². The Hall–Kier alpha value is -0.130. The van der Waals surface area contributed by atoms with Crippen molar-refractivity contribution in [2.45, 2.75) is 6.04 Å². The van der Waals surface area contributed by atoms with Crippen LogP contribution in [0.3, 0.4) is 0 Å². The molecule has 5 heteroatoms. The molecule has 78 valence electrons. The number of quaternary nitrogens is 1. The highest BCUT2D eigenvalue weighted by Gasteiger charge is 2.48. The smallest absolute Gasteiger partial charge is 0.155 e. The van der Waals surface area contributed by atoms with Crippen LogP contribution in [-0.4, -0.2) is 60.1 Å². The van der Waals surface area contributed by atoms with Crippen LogP contribution in [0.5, 0.6) is 0 Å². The molecule has 4 nitrogen and oxygen atoms in total. The summed E-state index contributed by atoms with van der Waals surface area (Å²) in [7, 11) is 0. The SMILES string of the molecule is ClC=CC[N+]12CN3CC(CN(C3)C1)N2. The molecule has 2 unspecified atom stereocenters. The highest BCUT2D eigenvalue weighted by Crippen LogP contribution is 2.25. The summed E-state index contributed by atoms with van der Waals surface area (Å²) in [6.07, 6.45) is 2.05. The summed E-state index contributed by atoms with van der Waals surface area (Å²) < 4.78 is 0.966. The third-order valence-electron chi connectivity index (χ3n) is 3.30. The van der Waals surface area contributed by atoms with Crippen LogP contribution >= 0.6 is 11.6 Å². The monoisotopic (exact) mass is 215 g/mol. The van der Waals surface area contributed by atoms with Crippen molar-refractivity contribution in [3.8, 4) is 0 Å². The van der Waals surface area contributed by atoms with Crippen LogP contribution in [0.15, 0.2) is 11.6 Å². The summed E-state index contributed by atoms with van der Waals surface area (Å²) in [5.74, 6) is 0. The van der Waals surface area contributed by atoms with Gasteiger partial charge in [-0.05, 0) is 6.08 Å². The largest absolute Gasteiger partial charge is 0.240 e. The first kappa shape index (κ1) is 9.12. The maximum Gasteiger partial charge on any atom is 0.155 e. The molecule has 2 atom stereocenters. The standard InChI is InChI=1S/C9H16ClN4/c10-2-1-3-14-7-12-4-9(11-14)5-13(6-12)8-14/h1-2,9,11H,3-8H2/q+1. The maximum atomic E-state index is 5.60. The van der Waals surface area contributed by atoms with Gasteiger partial charge in [-0.25, -0.2) is 14.4 Å². The predicted octanol–water partition coefficient (Wildman–Crippen LogP) is -0.0538. The number of hydrogen-bond donors (Lipinski definition) is 1. The van der Waals surface area contributed by atoms with Crippen LogP contribution in [-0.2, 0) is 0 Å². The lowest BCUT2D eigenvalue weighted by atomic mass is 10.1. The van der Waals surface area contributed by atoms with E-state index in [0.29, 0.717) is 6.04 Å². The van der Waals surface area contributed by atoms with Gasteiger partial charge in [0.25, 0.3) is 0 Å². The van der Waals surface area contributed by atoms with Crippen LogP contribution in [0.25, 0.3) is 0 Å². The first-order valence-corrected chi connectivity index (χ1v) is 5.57. The van der Waals surface area contributed by atoms with E-state index in [2.05, 4.69) is 15.2 Å². The van der Waals surface area contributed by atoms with Crippen molar-refractivity contribution in [2.24, 2.45) is 0 Å². The van der Waals surface area contributed by atoms with E-state index in [-0.39, 0.29) is 0 Å². The van der Waals surface area contributed by atoms with Gasteiger partial charge in [0.15, 0.2) is 13.3 Å². The Morgan fingerprint density at radius 2 is 2.07 bits per heavy atom. The fraction of sp³-hybridized carbons (Fsp3) is 0.778. The van der Waals surface area contributed by atoms with Gasteiger partial charge in [-0.3, -0.25) is 0 Å². The predicted molar refractivity (Wildman–Crippen MR) is 55.1 cm³/mol. The average molecular weight is 216 g/mol. The molecule has 1 N–H and O–H groups in total. The van der Waals surface area contributed by atoms with Gasteiger partial charge in [-0.1, -0.05) is 11.6 Å². The van der Waals surface area contributed by atoms with Crippen LogP contribution in [0.2, 0.25) is 0 Å². The fourth-order valence-electron chi connectivity index (χ4n) is 3.06. The molecule has 4 aliphatic heterocycles. The lowest BCUT2D eigenvalue weighted by Gasteiger charge is -2.59. The summed E-state index contributed by atoms with van der Waals surface area (Å²) in [4.78, 5) is 5.05. The summed E-state index contributed by atoms with van der Waals surface area (Å²) in [6.45, 7) is 6.81. The third kappa shape index (κ3) is 1.38. The molecule has 0 aromatic heterocycles. The fourth-order valence-corrected chi connectivity index (χ4v) is 3.13. The number of nitrogens with zero attached hydrogens (tertiary/aromatic N) is 3. The van der Waals surface area contributed by atoms with Gasteiger partial charge in [-0.15, -0.1) is 0 Å². The maximum absolute atomic E-state index is 5.60. The van der Waals surface area contributed by atoms with Crippen molar-refractivity contribution >= 4 is 11.6 Å². The lowest BCUT2D eigenvalue weighted by Crippen LogP contribution is -2.83. The number of nitrogens with one attached hydrogen (secondary N) is 1. The quantitative estimate of drug-likeness (QED) is 0.652. The Labute approximate surface area is 89.3 Å². The molecule has 0 aromatic carbocycles. The topological polar surface area (TPSA) is 18.5 Å². The van der Waals surface area contributed by atoms with Gasteiger partial charge >= 0.3 is 0 Å². The molecular weight excluding hydrogens is 200 g/mol. The molecule has 0 saturated carbocycles. The Morgan fingerprint density at radius 1 is 1.36 bits per heavy atom. The van der Waals surface area contributed by atoms with Crippen molar-refractivity contribution in [1.82, 2.24) is 15.2 Å². The van der Waals surface area contributed by atoms with E-state index >= 15 is 0 Å². The summed E-state index contributed by atoms with van der Waals surface area (Å²) in [5, 5.41) is 0. The minimum absolute atomic E-state index is 0.648. The molecule has 4 bridgehead atoms. The van der Waals surface area contributed by atoms with Gasteiger partial charge < -0.3 is 0 Å². The van der Waals surface area contributed by atoms with Gasteiger partial charge in [-0.2, -0.15) is 5.43 Å². The Balaban J connectivity index is 1.80. The van der Waals surface area contributed by atoms with E-state index in [9.17, 15) is 0 Å². The molecule has 4 rings (SSSR count). The van der Waals surface area contributed by atoms with Crippen LogP contribution in [0.1, 0.15) is 0 Å². The Kier molecular flexibility index (Phi) is 2.07. The summed E-state index contributed by atoms with van der Waals surface area (Å²) in [5.41, 5.74) is 5.33. The van der Waals surface area contributed by atoms with Crippen molar-refractivity contribution in [1.29, 1.82) is 0 Å². The first-order chi connectivity index (χ1) is 6.80. The molecule has 4 aliphatic rings. The van der Waals surface area contributed by atoms with E-state index in [1.165, 1.54) is 13.1 Å². The summed E-state index contributed by atoms with van der Waals surface area (Å²) in [6, 6.07) is 0.648. The second-order valence-electron chi connectivity index (χ2n) is 4.65. The minimum Gasteiger partial charge on any atom is -0.240 e. The van der Waals surface area contributed by atoms with Gasteiger partial charge in [0.2, 0.25) is 0 Å². The molecule has 0 aromatic rings. The van der Waals surface area contributed by atoms with Crippen LogP contribution < -0.4 is 5.43 Å². The normalized spacial score (nSPS) is 50.5. The van der Waals surface area contributed by atoms with Crippen molar-refractivity contribution in [2.75, 3.05) is 39.6 Å². The Bertz CT molecular complexity index is 230. The van der Waals surface area contributed by atoms with Crippen molar-refractivity contribution in [3.63, 3.8) is 0 Å². The average Bonchev–Trinajstić information content (AvgIpc) is 2.12. The third-order valence-corrected chi connectivity index (χ3v) is 3.48. The first-order valence-electron chi connectivity index (χ1n) is 5.13.